The first-order valence-corrected chi connectivity index (χ1v) is 13.1. The number of hydrogen-bond donors (Lipinski definition) is 3. The summed E-state index contributed by atoms with van der Waals surface area (Å²) < 4.78 is 6.42. The predicted octanol–water partition coefficient (Wildman–Crippen LogP) is 8.36. The number of amides is 1. The maximum absolute atomic E-state index is 13.4. The molecule has 3 N–H and O–H groups in total. The van der Waals surface area contributed by atoms with Gasteiger partial charge in [0.15, 0.2) is 6.04 Å². The lowest BCUT2D eigenvalue weighted by Crippen LogP contribution is -2.49. The molecular weight excluding hydrogens is 562 g/mol. The standard InChI is InChI=1S/C31H37NO6.4CH4.H2S/c1-19(2)10-8-11-20(3)12-9-15-31(4)26(34)17-23-25(33)16-22-24(28(23)38-31)18-32(29(22)35)27(30(36)37)21-13-6-5-7-14-21;;;;;/h5-7,10,12-14,16,26-27,33-34H,8-9,11,15,17-18H2,1-4H3,(H,36,37);4*1H4;1H2/b20-12+;;;;;/t26-,27-,31-;;;;;/m0...../s1. The second-order valence-electron chi connectivity index (χ2n) is 10.9. The molecule has 0 aromatic heterocycles. The number of allylic oxidation sites excluding steroid dienone is 4. The molecule has 3 atom stereocenters. The monoisotopic (exact) mass is 617 g/mol. The summed E-state index contributed by atoms with van der Waals surface area (Å²) in [7, 11) is 0. The van der Waals surface area contributed by atoms with E-state index in [0.717, 1.165) is 12.8 Å². The number of benzene rings is 2. The molecular formula is C35H55NO6S. The minimum Gasteiger partial charge on any atom is -0.508 e. The number of nitrogens with zero attached hydrogens (tertiary/aromatic N) is 1. The predicted molar refractivity (Wildman–Crippen MR) is 183 cm³/mol. The van der Waals surface area contributed by atoms with Gasteiger partial charge in [-0.25, -0.2) is 4.79 Å². The first-order valence-electron chi connectivity index (χ1n) is 13.1. The third-order valence-electron chi connectivity index (χ3n) is 7.61. The van der Waals surface area contributed by atoms with E-state index in [4.69, 9.17) is 4.74 Å². The topological polar surface area (TPSA) is 107 Å². The second kappa shape index (κ2) is 17.2. The summed E-state index contributed by atoms with van der Waals surface area (Å²) in [6, 6.07) is 8.83. The summed E-state index contributed by atoms with van der Waals surface area (Å²) in [5, 5.41) is 31.8. The van der Waals surface area contributed by atoms with Gasteiger partial charge in [-0.1, -0.05) is 83.3 Å². The molecule has 242 valence electrons. The van der Waals surface area contributed by atoms with Gasteiger partial charge in [-0.05, 0) is 65.0 Å². The maximum Gasteiger partial charge on any atom is 0.331 e. The van der Waals surface area contributed by atoms with Crippen molar-refractivity contribution in [2.24, 2.45) is 0 Å². The fourth-order valence-corrected chi connectivity index (χ4v) is 5.32. The van der Waals surface area contributed by atoms with E-state index in [2.05, 4.69) is 32.9 Å². The van der Waals surface area contributed by atoms with E-state index in [1.165, 1.54) is 22.1 Å². The van der Waals surface area contributed by atoms with Crippen molar-refractivity contribution in [1.29, 1.82) is 0 Å². The van der Waals surface area contributed by atoms with Crippen LogP contribution in [0.3, 0.4) is 0 Å². The molecule has 7 nitrogen and oxygen atoms in total. The van der Waals surface area contributed by atoms with Crippen LogP contribution in [-0.2, 0) is 17.8 Å². The fourth-order valence-electron chi connectivity index (χ4n) is 5.32. The molecule has 0 fully saturated rings. The Balaban J connectivity index is 0. The number of carboxylic acid groups (broad SMARTS) is 1. The van der Waals surface area contributed by atoms with Crippen LogP contribution in [0.2, 0.25) is 0 Å². The molecule has 0 unspecified atom stereocenters. The molecule has 0 radical (unpaired) electrons. The molecule has 0 bridgehead atoms. The maximum atomic E-state index is 13.4. The average Bonchev–Trinajstić information content (AvgIpc) is 3.16. The minimum atomic E-state index is -1.17. The zero-order valence-electron chi connectivity index (χ0n) is 23.0. The molecule has 2 heterocycles. The number of rotatable bonds is 9. The number of hydrogen-bond acceptors (Lipinski definition) is 5. The molecule has 2 aromatic carbocycles. The van der Waals surface area contributed by atoms with Crippen LogP contribution in [0, 0.1) is 0 Å². The van der Waals surface area contributed by atoms with Crippen molar-refractivity contribution < 1.29 is 29.6 Å². The van der Waals surface area contributed by atoms with E-state index in [1.54, 1.807) is 30.3 Å². The Morgan fingerprint density at radius 3 is 2.28 bits per heavy atom. The minimum absolute atomic E-state index is 0. The van der Waals surface area contributed by atoms with E-state index in [1.807, 2.05) is 6.92 Å². The molecule has 2 aromatic rings. The highest BCUT2D eigenvalue weighted by atomic mass is 32.1. The molecule has 1 amide bonds. The van der Waals surface area contributed by atoms with Gasteiger partial charge in [0.1, 0.15) is 17.1 Å². The summed E-state index contributed by atoms with van der Waals surface area (Å²) in [5.41, 5.74) is 3.38. The number of carboxylic acids is 1. The van der Waals surface area contributed by atoms with Gasteiger partial charge < -0.3 is 25.0 Å². The smallest absolute Gasteiger partial charge is 0.331 e. The third kappa shape index (κ3) is 8.89. The molecule has 2 aliphatic heterocycles. The number of aliphatic carboxylic acids is 1. The molecule has 0 aliphatic carbocycles. The van der Waals surface area contributed by atoms with E-state index < -0.39 is 29.6 Å². The van der Waals surface area contributed by atoms with Gasteiger partial charge in [-0.15, -0.1) is 0 Å². The lowest BCUT2D eigenvalue weighted by molar-refractivity contribution is -0.142. The summed E-state index contributed by atoms with van der Waals surface area (Å²) in [5.74, 6) is -1.36. The average molecular weight is 618 g/mol. The number of aromatic hydroxyl groups is 1. The number of phenols is 1. The van der Waals surface area contributed by atoms with Crippen LogP contribution in [-0.4, -0.2) is 43.8 Å². The van der Waals surface area contributed by atoms with Crippen molar-refractivity contribution in [1.82, 2.24) is 4.90 Å². The van der Waals surface area contributed by atoms with Gasteiger partial charge in [0, 0.05) is 17.5 Å². The van der Waals surface area contributed by atoms with E-state index in [0.29, 0.717) is 35.3 Å². The van der Waals surface area contributed by atoms with Crippen LogP contribution in [0.1, 0.15) is 116 Å². The third-order valence-corrected chi connectivity index (χ3v) is 7.61. The van der Waals surface area contributed by atoms with Gasteiger partial charge in [0.05, 0.1) is 18.2 Å². The van der Waals surface area contributed by atoms with Crippen molar-refractivity contribution >= 4 is 25.4 Å². The van der Waals surface area contributed by atoms with Crippen molar-refractivity contribution in [3.8, 4) is 11.5 Å². The molecule has 8 heteroatoms. The zero-order valence-corrected chi connectivity index (χ0v) is 24.0. The molecule has 4 rings (SSSR count). The Morgan fingerprint density at radius 2 is 1.70 bits per heavy atom. The number of aliphatic hydroxyl groups excluding tert-OH is 1. The summed E-state index contributed by atoms with van der Waals surface area (Å²) in [6.07, 6.45) is 6.96. The lowest BCUT2D eigenvalue weighted by atomic mass is 9.84. The van der Waals surface area contributed by atoms with Crippen LogP contribution < -0.4 is 4.74 Å². The highest BCUT2D eigenvalue weighted by molar-refractivity contribution is 7.59. The van der Waals surface area contributed by atoms with E-state index >= 15 is 0 Å². The number of ether oxygens (including phenoxy) is 1. The molecule has 2 aliphatic rings. The van der Waals surface area contributed by atoms with Crippen molar-refractivity contribution in [2.75, 3.05) is 0 Å². The number of aliphatic hydroxyl groups is 1. The summed E-state index contributed by atoms with van der Waals surface area (Å²) >= 11 is 0. The largest absolute Gasteiger partial charge is 0.508 e. The van der Waals surface area contributed by atoms with Gasteiger partial charge in [0.2, 0.25) is 0 Å². The van der Waals surface area contributed by atoms with Crippen molar-refractivity contribution in [3.63, 3.8) is 0 Å². The Kier molecular flexibility index (Phi) is 16.7. The molecule has 0 saturated heterocycles. The fraction of sp³-hybridized carbons (Fsp3) is 0.486. The van der Waals surface area contributed by atoms with Gasteiger partial charge in [-0.2, -0.15) is 13.5 Å². The van der Waals surface area contributed by atoms with Crippen molar-refractivity contribution in [2.45, 2.75) is 114 Å². The Labute approximate surface area is 266 Å². The highest BCUT2D eigenvalue weighted by Crippen LogP contribution is 2.47. The van der Waals surface area contributed by atoms with Crippen LogP contribution in [0.5, 0.6) is 11.5 Å². The quantitative estimate of drug-likeness (QED) is 0.244. The second-order valence-corrected chi connectivity index (χ2v) is 10.9. The summed E-state index contributed by atoms with van der Waals surface area (Å²) in [4.78, 5) is 26.9. The Bertz CT molecular complexity index is 1280. The zero-order chi connectivity index (χ0) is 27.6. The van der Waals surface area contributed by atoms with Gasteiger partial charge in [0.25, 0.3) is 5.91 Å². The van der Waals surface area contributed by atoms with Crippen LogP contribution in [0.4, 0.5) is 0 Å². The normalized spacial score (nSPS) is 18.9. The van der Waals surface area contributed by atoms with Crippen LogP contribution in [0.15, 0.2) is 59.7 Å². The first-order chi connectivity index (χ1) is 18.0. The Hall–Kier alpha value is -3.23. The number of phenolic OH excluding ortho intramolecular Hbond substituents is 1. The molecule has 0 spiro atoms. The lowest BCUT2D eigenvalue weighted by Gasteiger charge is -2.41. The molecule has 43 heavy (non-hydrogen) atoms. The van der Waals surface area contributed by atoms with Crippen LogP contribution >= 0.6 is 13.5 Å². The Morgan fingerprint density at radius 1 is 1.07 bits per heavy atom. The van der Waals surface area contributed by atoms with E-state index in [9.17, 15) is 24.9 Å². The SMILES string of the molecule is C.C.C.C.CC(C)=CCC/C(C)=C/CC[C@]1(C)Oc2c(c(O)cc3c2CN([C@H](C(=O)O)c2ccccc2)C3=O)C[C@@H]1O.S. The number of carbonyl (C=O) groups excluding carboxylic acids is 1. The molecule has 0 saturated carbocycles. The number of fused-ring (bicyclic) bond motifs is 3. The number of carbonyl (C=O) groups is 2. The first kappa shape index (κ1) is 41.9. The highest BCUT2D eigenvalue weighted by Gasteiger charge is 2.46. The van der Waals surface area contributed by atoms with Crippen LogP contribution in [0.25, 0.3) is 0 Å². The van der Waals surface area contributed by atoms with Crippen molar-refractivity contribution in [3.05, 3.63) is 82.0 Å². The van der Waals surface area contributed by atoms with E-state index in [-0.39, 0.29) is 67.5 Å². The summed E-state index contributed by atoms with van der Waals surface area (Å²) in [6.45, 7) is 8.17. The van der Waals surface area contributed by atoms with Gasteiger partial charge >= 0.3 is 5.97 Å². The van der Waals surface area contributed by atoms with Gasteiger partial charge in [-0.3, -0.25) is 4.79 Å².